The number of rotatable bonds is 0. The Morgan fingerprint density at radius 2 is 1.71 bits per heavy atom. The van der Waals surface area contributed by atoms with Crippen molar-refractivity contribution >= 4 is 6.16 Å². The van der Waals surface area contributed by atoms with E-state index in [-0.39, 0.29) is 0 Å². The van der Waals surface area contributed by atoms with Gasteiger partial charge in [-0.05, 0) is 6.92 Å². The third-order valence-corrected chi connectivity index (χ3v) is 0. The van der Waals surface area contributed by atoms with Crippen LogP contribution in [0.5, 0.6) is 0 Å². The molecular formula is C4H6O3. The van der Waals surface area contributed by atoms with Crippen molar-refractivity contribution in [2.75, 3.05) is 0 Å². The van der Waals surface area contributed by atoms with E-state index in [1.165, 1.54) is 0 Å². The van der Waals surface area contributed by atoms with Crippen LogP contribution in [0.4, 0.5) is 4.79 Å². The minimum Gasteiger partial charge on any atom is -0.450 e. The normalized spacial score (nSPS) is 4.57. The first-order valence-corrected chi connectivity index (χ1v) is 1.44. The summed E-state index contributed by atoms with van der Waals surface area (Å²) >= 11 is 0. The van der Waals surface area contributed by atoms with Crippen molar-refractivity contribution in [1.82, 2.24) is 0 Å². The predicted octanol–water partition coefficient (Wildman–Crippen LogP) is 0.862. The number of hydrogen-bond acceptors (Lipinski definition) is 1. The van der Waals surface area contributed by atoms with Gasteiger partial charge in [0.1, 0.15) is 0 Å². The van der Waals surface area contributed by atoms with Gasteiger partial charge in [-0.15, -0.1) is 12.3 Å². The molecule has 3 nitrogen and oxygen atoms in total. The largest absolute Gasteiger partial charge is 0.503 e. The molecule has 2 N–H and O–H groups in total. The van der Waals surface area contributed by atoms with E-state index in [4.69, 9.17) is 15.0 Å². The molecular weight excluding hydrogens is 96.0 g/mol. The van der Waals surface area contributed by atoms with Crippen molar-refractivity contribution in [2.45, 2.75) is 6.92 Å². The zero-order valence-electron chi connectivity index (χ0n) is 3.88. The molecule has 3 heteroatoms. The van der Waals surface area contributed by atoms with E-state index in [1.807, 2.05) is 0 Å². The molecule has 0 aromatic carbocycles. The van der Waals surface area contributed by atoms with Crippen molar-refractivity contribution in [2.24, 2.45) is 0 Å². The summed E-state index contributed by atoms with van der Waals surface area (Å²) in [4.78, 5) is 8.56. The van der Waals surface area contributed by atoms with E-state index in [0.717, 1.165) is 0 Å². The lowest BCUT2D eigenvalue weighted by molar-refractivity contribution is 0.137. The highest BCUT2D eigenvalue weighted by atomic mass is 16.6. The molecule has 0 saturated carbocycles. The van der Waals surface area contributed by atoms with Crippen LogP contribution < -0.4 is 0 Å². The van der Waals surface area contributed by atoms with E-state index in [2.05, 4.69) is 12.3 Å². The van der Waals surface area contributed by atoms with E-state index >= 15 is 0 Å². The molecule has 0 aliphatic heterocycles. The molecule has 0 aromatic heterocycles. The summed E-state index contributed by atoms with van der Waals surface area (Å²) in [6, 6.07) is 0. The Hall–Kier alpha value is -1.17. The van der Waals surface area contributed by atoms with Gasteiger partial charge in [-0.2, -0.15) is 0 Å². The highest BCUT2D eigenvalue weighted by Crippen LogP contribution is 1.42. The van der Waals surface area contributed by atoms with Gasteiger partial charge in [0.05, 0.1) is 0 Å². The Bertz CT molecular complexity index is 75.4. The zero-order valence-corrected chi connectivity index (χ0v) is 3.88. The molecule has 0 aliphatic rings. The Labute approximate surface area is 41.6 Å². The Kier molecular flexibility index (Phi) is 11.7. The summed E-state index contributed by atoms with van der Waals surface area (Å²) < 4.78 is 0. The van der Waals surface area contributed by atoms with Crippen molar-refractivity contribution in [1.29, 1.82) is 0 Å². The number of carbonyl (C=O) groups is 1. The smallest absolute Gasteiger partial charge is 0.450 e. The molecule has 0 atom stereocenters. The summed E-state index contributed by atoms with van der Waals surface area (Å²) in [6.45, 7) is 1.65. The van der Waals surface area contributed by atoms with Gasteiger partial charge in [0, 0.05) is 0 Å². The third kappa shape index (κ3) is 28.3. The molecule has 0 spiro atoms. The van der Waals surface area contributed by atoms with Gasteiger partial charge < -0.3 is 10.2 Å². The number of hydrogen-bond donors (Lipinski definition) is 2. The Balaban J connectivity index is 0. The maximum Gasteiger partial charge on any atom is 0.503 e. The molecule has 0 rings (SSSR count). The van der Waals surface area contributed by atoms with Gasteiger partial charge in [-0.25, -0.2) is 4.79 Å². The van der Waals surface area contributed by atoms with E-state index < -0.39 is 6.16 Å². The lowest BCUT2D eigenvalue weighted by Gasteiger charge is -1.60. The first-order valence-electron chi connectivity index (χ1n) is 1.44. The maximum atomic E-state index is 8.56. The molecule has 0 saturated heterocycles. The van der Waals surface area contributed by atoms with Crippen LogP contribution in [0.1, 0.15) is 6.92 Å². The topological polar surface area (TPSA) is 57.5 Å². The second kappa shape index (κ2) is 8.85. The highest BCUT2D eigenvalue weighted by molar-refractivity contribution is 5.53. The van der Waals surface area contributed by atoms with Gasteiger partial charge in [-0.1, -0.05) is 0 Å². The molecule has 0 radical (unpaired) electrons. The quantitative estimate of drug-likeness (QED) is 0.446. The zero-order chi connectivity index (χ0) is 6.28. The molecule has 7 heavy (non-hydrogen) atoms. The van der Waals surface area contributed by atoms with Crippen LogP contribution in [0.15, 0.2) is 0 Å². The fourth-order valence-corrected chi connectivity index (χ4v) is 0. The average molecular weight is 102 g/mol. The Morgan fingerprint density at radius 3 is 1.71 bits per heavy atom. The molecule has 0 aliphatic carbocycles. The van der Waals surface area contributed by atoms with Crippen LogP contribution in [0, 0.1) is 12.3 Å². The SMILES string of the molecule is C#CC.O=C(O)O. The van der Waals surface area contributed by atoms with Crippen LogP contribution in [0.2, 0.25) is 0 Å². The molecule has 0 aromatic rings. The summed E-state index contributed by atoms with van der Waals surface area (Å²) in [7, 11) is 0. The van der Waals surface area contributed by atoms with Gasteiger partial charge in [0.15, 0.2) is 0 Å². The summed E-state index contributed by atoms with van der Waals surface area (Å²) in [6.07, 6.45) is 2.76. The van der Waals surface area contributed by atoms with Crippen LogP contribution in [-0.2, 0) is 0 Å². The van der Waals surface area contributed by atoms with E-state index in [0.29, 0.717) is 0 Å². The van der Waals surface area contributed by atoms with Crippen LogP contribution in [0.25, 0.3) is 0 Å². The maximum absolute atomic E-state index is 8.56. The Morgan fingerprint density at radius 1 is 1.71 bits per heavy atom. The lowest BCUT2D eigenvalue weighted by atomic mass is 10.9. The highest BCUT2D eigenvalue weighted by Gasteiger charge is 1.70. The first-order chi connectivity index (χ1) is 3.15. The van der Waals surface area contributed by atoms with Gasteiger partial charge >= 0.3 is 6.16 Å². The molecule has 0 amide bonds. The van der Waals surface area contributed by atoms with Crippen molar-refractivity contribution in [3.8, 4) is 12.3 Å². The molecule has 0 fully saturated rings. The molecule has 0 bridgehead atoms. The summed E-state index contributed by atoms with van der Waals surface area (Å²) in [5.41, 5.74) is 0. The first kappa shape index (κ1) is 9.27. The minimum absolute atomic E-state index is 1.65. The number of carboxylic acid groups (broad SMARTS) is 2. The standard InChI is InChI=1S/C3H4.CH2O3/c1-3-2;2-1(3)4/h1H,2H3;(H2,2,3,4). The minimum atomic E-state index is -1.83. The van der Waals surface area contributed by atoms with E-state index in [1.54, 1.807) is 6.92 Å². The van der Waals surface area contributed by atoms with Gasteiger partial charge in [0.2, 0.25) is 0 Å². The molecule has 0 heterocycles. The van der Waals surface area contributed by atoms with Crippen LogP contribution in [-0.4, -0.2) is 16.4 Å². The fourth-order valence-electron chi connectivity index (χ4n) is 0. The average Bonchev–Trinajstić information content (AvgIpc) is 1.33. The van der Waals surface area contributed by atoms with E-state index in [9.17, 15) is 0 Å². The fraction of sp³-hybridized carbons (Fsp3) is 0.250. The second-order valence-corrected chi connectivity index (χ2v) is 0.571. The molecule has 0 unspecified atom stereocenters. The van der Waals surface area contributed by atoms with Gasteiger partial charge in [-0.3, -0.25) is 0 Å². The van der Waals surface area contributed by atoms with Crippen LogP contribution >= 0.6 is 0 Å². The third-order valence-electron chi connectivity index (χ3n) is 0. The van der Waals surface area contributed by atoms with Crippen molar-refractivity contribution in [3.63, 3.8) is 0 Å². The lowest BCUT2D eigenvalue weighted by Crippen LogP contribution is -1.81. The number of terminal acetylenes is 1. The molecule has 40 valence electrons. The van der Waals surface area contributed by atoms with Crippen LogP contribution in [0.3, 0.4) is 0 Å². The van der Waals surface area contributed by atoms with Gasteiger partial charge in [0.25, 0.3) is 0 Å². The van der Waals surface area contributed by atoms with Crippen molar-refractivity contribution in [3.05, 3.63) is 0 Å². The predicted molar refractivity (Wildman–Crippen MR) is 25.2 cm³/mol. The summed E-state index contributed by atoms with van der Waals surface area (Å²) in [5.74, 6) is 2.25. The second-order valence-electron chi connectivity index (χ2n) is 0.571. The monoisotopic (exact) mass is 102 g/mol. The summed E-state index contributed by atoms with van der Waals surface area (Å²) in [5, 5.41) is 13.9. The van der Waals surface area contributed by atoms with Crippen molar-refractivity contribution < 1.29 is 15.0 Å².